The van der Waals surface area contributed by atoms with Crippen molar-refractivity contribution in [3.63, 3.8) is 0 Å². The number of rotatable bonds is 4. The van der Waals surface area contributed by atoms with E-state index in [-0.39, 0.29) is 11.6 Å². The molecule has 0 aliphatic carbocycles. The van der Waals surface area contributed by atoms with Gasteiger partial charge in [0.15, 0.2) is 0 Å². The van der Waals surface area contributed by atoms with E-state index in [1.807, 2.05) is 25.1 Å². The predicted octanol–water partition coefficient (Wildman–Crippen LogP) is 4.65. The van der Waals surface area contributed by atoms with Crippen molar-refractivity contribution in [2.24, 2.45) is 0 Å². The minimum atomic E-state index is -0.351. The van der Waals surface area contributed by atoms with Crippen molar-refractivity contribution in [3.05, 3.63) is 65.6 Å². The summed E-state index contributed by atoms with van der Waals surface area (Å²) in [5, 5.41) is 10.7. The van der Waals surface area contributed by atoms with E-state index in [1.54, 1.807) is 36.4 Å². The molecule has 0 spiro atoms. The van der Waals surface area contributed by atoms with Crippen LogP contribution in [0.15, 0.2) is 48.5 Å². The van der Waals surface area contributed by atoms with E-state index in [0.717, 1.165) is 5.39 Å². The molecule has 2 aromatic carbocycles. The molecule has 116 valence electrons. The maximum absolute atomic E-state index is 14.0. The fourth-order valence-corrected chi connectivity index (χ4v) is 2.31. The first-order chi connectivity index (χ1) is 11.2. The van der Waals surface area contributed by atoms with E-state index in [1.165, 1.54) is 6.07 Å². The van der Waals surface area contributed by atoms with Crippen LogP contribution in [0.1, 0.15) is 18.2 Å². The van der Waals surface area contributed by atoms with Crippen molar-refractivity contribution in [1.82, 2.24) is 4.98 Å². The van der Waals surface area contributed by atoms with Crippen LogP contribution in [-0.4, -0.2) is 16.7 Å². The third kappa shape index (κ3) is 3.31. The Morgan fingerprint density at radius 2 is 2.00 bits per heavy atom. The summed E-state index contributed by atoms with van der Waals surface area (Å²) >= 11 is 0. The third-order valence-electron chi connectivity index (χ3n) is 3.44. The Morgan fingerprint density at radius 1 is 1.13 bits per heavy atom. The molecule has 0 saturated carbocycles. The second-order valence-electron chi connectivity index (χ2n) is 5.03. The molecule has 0 saturated heterocycles. The van der Waals surface area contributed by atoms with Crippen LogP contribution < -0.4 is 4.74 Å². The molecule has 0 fully saturated rings. The molecule has 0 aliphatic heterocycles. The monoisotopic (exact) mass is 309 g/mol. The summed E-state index contributed by atoms with van der Waals surface area (Å²) in [4.78, 5) is 4.38. The van der Waals surface area contributed by atoms with E-state index in [9.17, 15) is 9.50 Å². The minimum absolute atomic E-state index is 0.130. The average molecular weight is 309 g/mol. The SMILES string of the molecule is CCOc1ccc(/C=C/c2ccc3cccc(O)c3n2)c(F)c1. The number of nitrogens with zero attached hydrogens (tertiary/aromatic N) is 1. The zero-order chi connectivity index (χ0) is 16.2. The van der Waals surface area contributed by atoms with Crippen LogP contribution in [0.4, 0.5) is 4.39 Å². The van der Waals surface area contributed by atoms with Gasteiger partial charge in [-0.2, -0.15) is 0 Å². The zero-order valence-electron chi connectivity index (χ0n) is 12.7. The molecule has 0 amide bonds. The molecule has 23 heavy (non-hydrogen) atoms. The molecule has 0 unspecified atom stereocenters. The Morgan fingerprint density at radius 3 is 2.78 bits per heavy atom. The highest BCUT2D eigenvalue weighted by Crippen LogP contribution is 2.23. The van der Waals surface area contributed by atoms with Gasteiger partial charge in [-0.25, -0.2) is 9.37 Å². The van der Waals surface area contributed by atoms with Gasteiger partial charge < -0.3 is 9.84 Å². The molecule has 3 nitrogen and oxygen atoms in total. The minimum Gasteiger partial charge on any atom is -0.506 e. The Bertz CT molecular complexity index is 874. The van der Waals surface area contributed by atoms with Gasteiger partial charge in [0.2, 0.25) is 0 Å². The molecular formula is C19H16FNO2. The number of para-hydroxylation sites is 1. The van der Waals surface area contributed by atoms with Gasteiger partial charge in [-0.05, 0) is 43.3 Å². The van der Waals surface area contributed by atoms with Crippen LogP contribution in [-0.2, 0) is 0 Å². The number of aromatic nitrogens is 1. The fraction of sp³-hybridized carbons (Fsp3) is 0.105. The van der Waals surface area contributed by atoms with Crippen molar-refractivity contribution < 1.29 is 14.2 Å². The number of aromatic hydroxyl groups is 1. The lowest BCUT2D eigenvalue weighted by molar-refractivity contribution is 0.338. The first-order valence-corrected chi connectivity index (χ1v) is 7.36. The Balaban J connectivity index is 1.89. The van der Waals surface area contributed by atoms with Gasteiger partial charge in [0.05, 0.1) is 12.3 Å². The van der Waals surface area contributed by atoms with Crippen LogP contribution in [0.25, 0.3) is 23.1 Å². The van der Waals surface area contributed by atoms with E-state index >= 15 is 0 Å². The highest BCUT2D eigenvalue weighted by molar-refractivity contribution is 5.85. The molecule has 0 aliphatic rings. The van der Waals surface area contributed by atoms with Crippen LogP contribution in [0.2, 0.25) is 0 Å². The first-order valence-electron chi connectivity index (χ1n) is 7.36. The molecule has 0 bridgehead atoms. The highest BCUT2D eigenvalue weighted by atomic mass is 19.1. The number of phenols is 1. The number of fused-ring (bicyclic) bond motifs is 1. The standard InChI is InChI=1S/C19H16FNO2/c1-2-23-16-11-8-13(17(20)12-16)6-9-15-10-7-14-4-3-5-18(22)19(14)21-15/h3-12,22H,2H2,1H3/b9-6+. The number of hydrogen-bond acceptors (Lipinski definition) is 3. The lowest BCUT2D eigenvalue weighted by Gasteiger charge is -2.04. The maximum atomic E-state index is 14.0. The Kier molecular flexibility index (Phi) is 4.24. The van der Waals surface area contributed by atoms with Crippen molar-refractivity contribution in [3.8, 4) is 11.5 Å². The second-order valence-corrected chi connectivity index (χ2v) is 5.03. The zero-order valence-corrected chi connectivity index (χ0v) is 12.7. The van der Waals surface area contributed by atoms with Gasteiger partial charge in [-0.3, -0.25) is 0 Å². The van der Waals surface area contributed by atoms with Crippen molar-refractivity contribution in [2.75, 3.05) is 6.61 Å². The molecule has 0 radical (unpaired) electrons. The number of pyridine rings is 1. The summed E-state index contributed by atoms with van der Waals surface area (Å²) in [6, 6.07) is 13.7. The van der Waals surface area contributed by atoms with E-state index < -0.39 is 0 Å². The largest absolute Gasteiger partial charge is 0.506 e. The topological polar surface area (TPSA) is 42.4 Å². The molecule has 0 atom stereocenters. The lowest BCUT2D eigenvalue weighted by Crippen LogP contribution is -1.92. The van der Waals surface area contributed by atoms with Gasteiger partial charge in [-0.1, -0.05) is 18.2 Å². The molecule has 3 aromatic rings. The van der Waals surface area contributed by atoms with Crippen LogP contribution in [0, 0.1) is 5.82 Å². The number of phenolic OH excluding ortho intramolecular Hbond substituents is 1. The number of ether oxygens (including phenoxy) is 1. The van der Waals surface area contributed by atoms with Gasteiger partial charge in [0, 0.05) is 17.0 Å². The van der Waals surface area contributed by atoms with Crippen molar-refractivity contribution in [2.45, 2.75) is 6.92 Å². The van der Waals surface area contributed by atoms with Crippen molar-refractivity contribution in [1.29, 1.82) is 0 Å². The fourth-order valence-electron chi connectivity index (χ4n) is 2.31. The summed E-state index contributed by atoms with van der Waals surface area (Å²) < 4.78 is 19.3. The van der Waals surface area contributed by atoms with Crippen LogP contribution in [0.5, 0.6) is 11.5 Å². The smallest absolute Gasteiger partial charge is 0.141 e. The molecule has 1 heterocycles. The summed E-state index contributed by atoms with van der Waals surface area (Å²) in [5.41, 5.74) is 1.63. The third-order valence-corrected chi connectivity index (χ3v) is 3.44. The molecule has 1 aromatic heterocycles. The van der Waals surface area contributed by atoms with E-state index in [2.05, 4.69) is 4.98 Å². The van der Waals surface area contributed by atoms with Gasteiger partial charge >= 0.3 is 0 Å². The van der Waals surface area contributed by atoms with Crippen LogP contribution >= 0.6 is 0 Å². The Hall–Kier alpha value is -2.88. The Labute approximate surface area is 133 Å². The van der Waals surface area contributed by atoms with Gasteiger partial charge in [0.25, 0.3) is 0 Å². The number of halogens is 1. The number of hydrogen-bond donors (Lipinski definition) is 1. The summed E-state index contributed by atoms with van der Waals surface area (Å²) in [7, 11) is 0. The molecule has 1 N–H and O–H groups in total. The lowest BCUT2D eigenvalue weighted by atomic mass is 10.1. The van der Waals surface area contributed by atoms with Crippen molar-refractivity contribution >= 4 is 23.1 Å². The summed E-state index contributed by atoms with van der Waals surface area (Å²) in [5.74, 6) is 0.289. The molecule has 4 heteroatoms. The molecular weight excluding hydrogens is 293 g/mol. The normalized spacial score (nSPS) is 11.2. The summed E-state index contributed by atoms with van der Waals surface area (Å²) in [6.45, 7) is 2.35. The maximum Gasteiger partial charge on any atom is 0.141 e. The average Bonchev–Trinajstić information content (AvgIpc) is 2.55. The van der Waals surface area contributed by atoms with Gasteiger partial charge in [0.1, 0.15) is 22.8 Å². The van der Waals surface area contributed by atoms with Gasteiger partial charge in [-0.15, -0.1) is 0 Å². The second kappa shape index (κ2) is 6.48. The first kappa shape index (κ1) is 15.0. The van der Waals surface area contributed by atoms with E-state index in [0.29, 0.717) is 29.1 Å². The highest BCUT2D eigenvalue weighted by Gasteiger charge is 2.03. The molecule has 3 rings (SSSR count). The van der Waals surface area contributed by atoms with E-state index in [4.69, 9.17) is 4.74 Å². The quantitative estimate of drug-likeness (QED) is 0.763. The number of benzene rings is 2. The summed E-state index contributed by atoms with van der Waals surface area (Å²) in [6.07, 6.45) is 3.36. The van der Waals surface area contributed by atoms with Crippen LogP contribution in [0.3, 0.4) is 0 Å². The predicted molar refractivity (Wildman–Crippen MR) is 89.9 cm³/mol.